The number of hydrogen-bond acceptors (Lipinski definition) is 4. The molecule has 0 bridgehead atoms. The van der Waals surface area contributed by atoms with E-state index in [1.54, 1.807) is 0 Å². The van der Waals surface area contributed by atoms with Gasteiger partial charge in [0.2, 0.25) is 5.91 Å². The maximum absolute atomic E-state index is 13.2. The van der Waals surface area contributed by atoms with Crippen LogP contribution in [0.2, 0.25) is 5.02 Å². The molecule has 0 aliphatic carbocycles. The molecule has 194 valence electrons. The van der Waals surface area contributed by atoms with E-state index in [9.17, 15) is 14.7 Å². The number of carbonyl (C=O) groups excluding carboxylic acids is 1. The zero-order chi connectivity index (χ0) is 26.6. The van der Waals surface area contributed by atoms with Crippen LogP contribution in [0.3, 0.4) is 0 Å². The van der Waals surface area contributed by atoms with Gasteiger partial charge in [-0.15, -0.1) is 0 Å². The molecule has 0 spiro atoms. The summed E-state index contributed by atoms with van der Waals surface area (Å²) in [5, 5.41) is 10.1. The van der Waals surface area contributed by atoms with Crippen LogP contribution < -0.4 is 9.47 Å². The van der Waals surface area contributed by atoms with E-state index < -0.39 is 5.97 Å². The fourth-order valence-corrected chi connectivity index (χ4v) is 4.79. The first-order valence-electron chi connectivity index (χ1n) is 12.4. The van der Waals surface area contributed by atoms with Crippen LogP contribution in [0.15, 0.2) is 66.7 Å². The quantitative estimate of drug-likeness (QED) is 0.369. The Balaban J connectivity index is 1.42. The number of carbonyl (C=O) groups is 2. The van der Waals surface area contributed by atoms with Gasteiger partial charge in [-0.3, -0.25) is 9.59 Å². The molecule has 4 rings (SSSR count). The van der Waals surface area contributed by atoms with Crippen LogP contribution in [0.25, 0.3) is 0 Å². The smallest absolute Gasteiger partial charge is 0.323 e. The van der Waals surface area contributed by atoms with Gasteiger partial charge in [-0.2, -0.15) is 0 Å². The molecular formula is C30H32ClNO5. The molecule has 6 nitrogen and oxygen atoms in total. The highest BCUT2D eigenvalue weighted by atomic mass is 35.5. The fraction of sp³-hybridized carbons (Fsp3) is 0.333. The number of benzene rings is 3. The summed E-state index contributed by atoms with van der Waals surface area (Å²) in [5.41, 5.74) is 3.47. The maximum atomic E-state index is 13.2. The van der Waals surface area contributed by atoms with Crippen LogP contribution in [-0.4, -0.2) is 40.1 Å². The van der Waals surface area contributed by atoms with Crippen LogP contribution in [0.1, 0.15) is 43.0 Å². The van der Waals surface area contributed by atoms with E-state index >= 15 is 0 Å². The standard InChI is InChI=1S/C30H32ClNO5/c1-20(2)36-26-11-6-22(7-12-26)18-32(19-29(34)35)28(33)15-23-8-13-27-24(14-23)17-30(3,37-27)16-21-4-9-25(31)10-5-21/h4-14,20H,15-19H2,1-3H3,(H,34,35)/t30-/m0/s1. The van der Waals surface area contributed by atoms with Gasteiger partial charge in [0.25, 0.3) is 0 Å². The number of fused-ring (bicyclic) bond motifs is 1. The molecule has 1 heterocycles. The molecule has 3 aromatic carbocycles. The second kappa shape index (κ2) is 11.3. The van der Waals surface area contributed by atoms with Crippen LogP contribution >= 0.6 is 11.6 Å². The van der Waals surface area contributed by atoms with Gasteiger partial charge in [0.15, 0.2) is 0 Å². The molecule has 0 saturated heterocycles. The lowest BCUT2D eigenvalue weighted by atomic mass is 9.91. The van der Waals surface area contributed by atoms with Crippen molar-refractivity contribution in [1.82, 2.24) is 4.90 Å². The van der Waals surface area contributed by atoms with Crippen molar-refractivity contribution < 1.29 is 24.2 Å². The summed E-state index contributed by atoms with van der Waals surface area (Å²) in [6, 6.07) is 20.9. The van der Waals surface area contributed by atoms with Gasteiger partial charge < -0.3 is 19.5 Å². The van der Waals surface area contributed by atoms with Crippen LogP contribution in [-0.2, 0) is 35.4 Å². The number of nitrogens with zero attached hydrogens (tertiary/aromatic N) is 1. The number of halogens is 1. The zero-order valence-corrected chi connectivity index (χ0v) is 22.1. The van der Waals surface area contributed by atoms with Gasteiger partial charge in [-0.1, -0.05) is 48.0 Å². The highest BCUT2D eigenvalue weighted by molar-refractivity contribution is 6.30. The lowest BCUT2D eigenvalue weighted by Gasteiger charge is -2.24. The summed E-state index contributed by atoms with van der Waals surface area (Å²) >= 11 is 6.01. The van der Waals surface area contributed by atoms with Crippen LogP contribution in [0, 0.1) is 0 Å². The second-order valence-corrected chi connectivity index (χ2v) is 10.5. The summed E-state index contributed by atoms with van der Waals surface area (Å²) < 4.78 is 11.9. The van der Waals surface area contributed by atoms with Gasteiger partial charge in [-0.05, 0) is 73.4 Å². The Morgan fingerprint density at radius 3 is 2.32 bits per heavy atom. The minimum Gasteiger partial charge on any atom is -0.491 e. The number of carboxylic acids is 1. The number of carboxylic acid groups (broad SMARTS) is 1. The van der Waals surface area contributed by atoms with E-state index in [4.69, 9.17) is 21.1 Å². The van der Waals surface area contributed by atoms with Crippen molar-refractivity contribution in [2.75, 3.05) is 6.54 Å². The predicted octanol–water partition coefficient (Wildman–Crippen LogP) is 5.72. The van der Waals surface area contributed by atoms with E-state index in [1.807, 2.05) is 80.6 Å². The van der Waals surface area contributed by atoms with Crippen molar-refractivity contribution in [3.8, 4) is 11.5 Å². The van der Waals surface area contributed by atoms with E-state index in [0.29, 0.717) is 5.02 Å². The maximum Gasteiger partial charge on any atom is 0.323 e. The number of amides is 1. The molecule has 0 aromatic heterocycles. The Kier molecular flexibility index (Phi) is 8.08. The van der Waals surface area contributed by atoms with Crippen molar-refractivity contribution in [3.05, 3.63) is 94.0 Å². The first-order valence-corrected chi connectivity index (χ1v) is 12.8. The third kappa shape index (κ3) is 7.26. The van der Waals surface area contributed by atoms with E-state index in [1.165, 1.54) is 4.90 Å². The minimum atomic E-state index is -1.05. The first-order chi connectivity index (χ1) is 17.6. The zero-order valence-electron chi connectivity index (χ0n) is 21.4. The van der Waals surface area contributed by atoms with Gasteiger partial charge >= 0.3 is 5.97 Å². The van der Waals surface area contributed by atoms with Gasteiger partial charge in [0, 0.05) is 24.4 Å². The third-order valence-electron chi connectivity index (χ3n) is 6.24. The Labute approximate surface area is 222 Å². The average Bonchev–Trinajstić information content (AvgIpc) is 3.15. The number of hydrogen-bond donors (Lipinski definition) is 1. The lowest BCUT2D eigenvalue weighted by Crippen LogP contribution is -2.36. The molecule has 1 aliphatic rings. The summed E-state index contributed by atoms with van der Waals surface area (Å²) in [4.78, 5) is 26.0. The molecule has 1 N–H and O–H groups in total. The number of rotatable bonds is 10. The van der Waals surface area contributed by atoms with Gasteiger partial charge in [-0.25, -0.2) is 0 Å². The van der Waals surface area contributed by atoms with Crippen LogP contribution in [0.5, 0.6) is 11.5 Å². The summed E-state index contributed by atoms with van der Waals surface area (Å²) in [6.45, 7) is 5.83. The second-order valence-electron chi connectivity index (χ2n) is 10.1. The minimum absolute atomic E-state index is 0.0592. The molecule has 1 amide bonds. The van der Waals surface area contributed by atoms with E-state index in [0.717, 1.165) is 46.6 Å². The molecule has 1 aliphatic heterocycles. The number of aliphatic carboxylic acids is 1. The highest BCUT2D eigenvalue weighted by Gasteiger charge is 2.35. The largest absolute Gasteiger partial charge is 0.491 e. The monoisotopic (exact) mass is 521 g/mol. The Hall–Kier alpha value is -3.51. The SMILES string of the molecule is CC(C)Oc1ccc(CN(CC(=O)O)C(=O)Cc2ccc3c(c2)C[C@](C)(Cc2ccc(Cl)cc2)O3)cc1. The molecule has 0 fully saturated rings. The highest BCUT2D eigenvalue weighted by Crippen LogP contribution is 2.37. The number of ether oxygens (including phenoxy) is 2. The van der Waals surface area contributed by atoms with E-state index in [2.05, 4.69) is 6.92 Å². The first kappa shape index (κ1) is 26.6. The summed E-state index contributed by atoms with van der Waals surface area (Å²) in [7, 11) is 0. The van der Waals surface area contributed by atoms with E-state index in [-0.39, 0.29) is 37.1 Å². The van der Waals surface area contributed by atoms with Crippen molar-refractivity contribution in [1.29, 1.82) is 0 Å². The molecular weight excluding hydrogens is 490 g/mol. The van der Waals surface area contributed by atoms with Gasteiger partial charge in [0.1, 0.15) is 23.6 Å². The van der Waals surface area contributed by atoms with Crippen molar-refractivity contribution in [3.63, 3.8) is 0 Å². The topological polar surface area (TPSA) is 76.1 Å². The summed E-state index contributed by atoms with van der Waals surface area (Å²) in [5.74, 6) is 0.262. The lowest BCUT2D eigenvalue weighted by molar-refractivity contribution is -0.144. The van der Waals surface area contributed by atoms with Gasteiger partial charge in [0.05, 0.1) is 12.5 Å². The molecule has 37 heavy (non-hydrogen) atoms. The Bertz CT molecular complexity index is 1260. The van der Waals surface area contributed by atoms with Crippen molar-refractivity contribution >= 4 is 23.5 Å². The Morgan fingerprint density at radius 2 is 1.68 bits per heavy atom. The fourth-order valence-electron chi connectivity index (χ4n) is 4.67. The summed E-state index contributed by atoms with van der Waals surface area (Å²) in [6.07, 6.45) is 1.63. The normalized spacial score (nSPS) is 16.2. The molecule has 0 unspecified atom stereocenters. The van der Waals surface area contributed by atoms with Crippen molar-refractivity contribution in [2.45, 2.75) is 58.3 Å². The predicted molar refractivity (Wildman–Crippen MR) is 143 cm³/mol. The molecule has 7 heteroatoms. The Morgan fingerprint density at radius 1 is 1.03 bits per heavy atom. The van der Waals surface area contributed by atoms with Crippen LogP contribution in [0.4, 0.5) is 0 Å². The molecule has 1 atom stereocenters. The third-order valence-corrected chi connectivity index (χ3v) is 6.49. The molecule has 3 aromatic rings. The molecule has 0 radical (unpaired) electrons. The molecule has 0 saturated carbocycles. The average molecular weight is 522 g/mol. The van der Waals surface area contributed by atoms with Crippen molar-refractivity contribution in [2.24, 2.45) is 0 Å².